The molecule has 3 unspecified atom stereocenters. The van der Waals surface area contributed by atoms with E-state index in [2.05, 4.69) is 44.8 Å². The average molecular weight is 268 g/mol. The molecule has 0 saturated carbocycles. The van der Waals surface area contributed by atoms with Crippen molar-refractivity contribution in [3.63, 3.8) is 0 Å². The summed E-state index contributed by atoms with van der Waals surface area (Å²) in [5.74, 6) is 1.49. The smallest absolute Gasteiger partial charge is 0.241 e. The Labute approximate surface area is 119 Å². The lowest BCUT2D eigenvalue weighted by Gasteiger charge is -2.24. The molecule has 0 aliphatic carbocycles. The Morgan fingerprint density at radius 3 is 2.47 bits per heavy atom. The second-order valence-corrected chi connectivity index (χ2v) is 6.40. The monoisotopic (exact) mass is 268 g/mol. The van der Waals surface area contributed by atoms with Crippen molar-refractivity contribution in [2.45, 2.75) is 78.9 Å². The van der Waals surface area contributed by atoms with Gasteiger partial charge in [0.15, 0.2) is 0 Å². The molecule has 19 heavy (non-hydrogen) atoms. The molecule has 1 saturated heterocycles. The molecular formula is C16H32N2O. The molecule has 0 spiro atoms. The van der Waals surface area contributed by atoms with E-state index in [9.17, 15) is 4.79 Å². The molecule has 3 heteroatoms. The third-order valence-electron chi connectivity index (χ3n) is 4.25. The van der Waals surface area contributed by atoms with Gasteiger partial charge in [0.1, 0.15) is 0 Å². The third-order valence-corrected chi connectivity index (χ3v) is 4.25. The van der Waals surface area contributed by atoms with E-state index < -0.39 is 0 Å². The number of carbonyl (C=O) groups excluding carboxylic acids is 1. The van der Waals surface area contributed by atoms with Crippen LogP contribution in [0.5, 0.6) is 0 Å². The maximum atomic E-state index is 12.5. The highest BCUT2D eigenvalue weighted by molar-refractivity contribution is 5.84. The summed E-state index contributed by atoms with van der Waals surface area (Å²) in [6, 6.07) is 0.0422. The van der Waals surface area contributed by atoms with Gasteiger partial charge in [-0.15, -0.1) is 0 Å². The Bertz CT molecular complexity index is 278. The molecule has 3 nitrogen and oxygen atoms in total. The summed E-state index contributed by atoms with van der Waals surface area (Å²) in [5.41, 5.74) is 0. The van der Waals surface area contributed by atoms with Gasteiger partial charge in [0.2, 0.25) is 5.91 Å². The SMILES string of the molecule is CCCC1NC(C(C)CC)C(=O)N1CCCC(C)C. The van der Waals surface area contributed by atoms with Gasteiger partial charge in [-0.05, 0) is 31.1 Å². The molecule has 0 radical (unpaired) electrons. The molecule has 1 aliphatic heterocycles. The lowest BCUT2D eigenvalue weighted by atomic mass is 9.99. The Morgan fingerprint density at radius 1 is 1.26 bits per heavy atom. The second-order valence-electron chi connectivity index (χ2n) is 6.40. The Kier molecular flexibility index (Phi) is 6.84. The molecule has 112 valence electrons. The first-order valence-corrected chi connectivity index (χ1v) is 8.07. The van der Waals surface area contributed by atoms with Gasteiger partial charge in [-0.2, -0.15) is 0 Å². The van der Waals surface area contributed by atoms with E-state index in [1.807, 2.05) is 0 Å². The van der Waals surface area contributed by atoms with Crippen LogP contribution in [-0.2, 0) is 4.79 Å². The molecule has 0 aromatic heterocycles. The van der Waals surface area contributed by atoms with Crippen molar-refractivity contribution in [3.8, 4) is 0 Å². The largest absolute Gasteiger partial charge is 0.326 e. The second kappa shape index (κ2) is 7.88. The number of rotatable bonds is 8. The van der Waals surface area contributed by atoms with Gasteiger partial charge in [-0.3, -0.25) is 10.1 Å². The number of carbonyl (C=O) groups is 1. The van der Waals surface area contributed by atoms with Crippen LogP contribution in [0.3, 0.4) is 0 Å². The van der Waals surface area contributed by atoms with Crippen LogP contribution in [-0.4, -0.2) is 29.6 Å². The van der Waals surface area contributed by atoms with Gasteiger partial charge >= 0.3 is 0 Å². The van der Waals surface area contributed by atoms with Crippen molar-refractivity contribution in [1.82, 2.24) is 10.2 Å². The standard InChI is InChI=1S/C16H32N2O/c1-6-9-14-17-15(13(5)7-2)16(19)18(14)11-8-10-12(3)4/h12-15,17H,6-11H2,1-5H3. The Hall–Kier alpha value is -0.570. The normalized spacial score (nSPS) is 25.4. The van der Waals surface area contributed by atoms with Crippen molar-refractivity contribution in [2.75, 3.05) is 6.54 Å². The van der Waals surface area contributed by atoms with Gasteiger partial charge in [0.25, 0.3) is 0 Å². The van der Waals surface area contributed by atoms with E-state index in [0.29, 0.717) is 11.8 Å². The third kappa shape index (κ3) is 4.48. The zero-order valence-electron chi connectivity index (χ0n) is 13.4. The first-order valence-electron chi connectivity index (χ1n) is 8.07. The molecule has 0 bridgehead atoms. The zero-order valence-corrected chi connectivity index (χ0v) is 13.4. The van der Waals surface area contributed by atoms with Crippen LogP contribution in [0.4, 0.5) is 0 Å². The van der Waals surface area contributed by atoms with Crippen molar-refractivity contribution >= 4 is 5.91 Å². The van der Waals surface area contributed by atoms with Crippen LogP contribution in [0, 0.1) is 11.8 Å². The fraction of sp³-hybridized carbons (Fsp3) is 0.938. The quantitative estimate of drug-likeness (QED) is 0.732. The van der Waals surface area contributed by atoms with Crippen LogP contribution in [0.15, 0.2) is 0 Å². The molecule has 1 rings (SSSR count). The van der Waals surface area contributed by atoms with Gasteiger partial charge in [0, 0.05) is 6.54 Å². The van der Waals surface area contributed by atoms with E-state index in [1.165, 1.54) is 6.42 Å². The summed E-state index contributed by atoms with van der Waals surface area (Å²) in [6.07, 6.45) is 5.85. The van der Waals surface area contributed by atoms with Crippen LogP contribution < -0.4 is 5.32 Å². The van der Waals surface area contributed by atoms with Crippen LogP contribution >= 0.6 is 0 Å². The van der Waals surface area contributed by atoms with Crippen LogP contribution in [0.1, 0.15) is 66.7 Å². The number of hydrogen-bond donors (Lipinski definition) is 1. The van der Waals surface area contributed by atoms with E-state index in [4.69, 9.17) is 0 Å². The van der Waals surface area contributed by atoms with Crippen molar-refractivity contribution in [3.05, 3.63) is 0 Å². The minimum absolute atomic E-state index is 0.0422. The molecule has 1 amide bonds. The van der Waals surface area contributed by atoms with E-state index in [-0.39, 0.29) is 12.2 Å². The summed E-state index contributed by atoms with van der Waals surface area (Å²) >= 11 is 0. The first kappa shape index (κ1) is 16.5. The highest BCUT2D eigenvalue weighted by Gasteiger charge is 2.39. The first-order chi connectivity index (χ1) is 9.01. The molecule has 1 fully saturated rings. The minimum Gasteiger partial charge on any atom is -0.326 e. The van der Waals surface area contributed by atoms with Gasteiger partial charge in [0.05, 0.1) is 12.2 Å². The molecular weight excluding hydrogens is 236 g/mol. The number of nitrogens with zero attached hydrogens (tertiary/aromatic N) is 1. The summed E-state index contributed by atoms with van der Waals surface area (Å²) in [4.78, 5) is 14.6. The minimum atomic E-state index is 0.0422. The number of amides is 1. The predicted molar refractivity (Wildman–Crippen MR) is 80.9 cm³/mol. The maximum absolute atomic E-state index is 12.5. The molecule has 0 aromatic carbocycles. The predicted octanol–water partition coefficient (Wildman–Crippen LogP) is 3.40. The van der Waals surface area contributed by atoms with Gasteiger partial charge < -0.3 is 4.90 Å². The van der Waals surface area contributed by atoms with Gasteiger partial charge in [-0.25, -0.2) is 0 Å². The van der Waals surface area contributed by atoms with Crippen LogP contribution in [0.25, 0.3) is 0 Å². The fourth-order valence-corrected chi connectivity index (χ4v) is 2.79. The lowest BCUT2D eigenvalue weighted by Crippen LogP contribution is -2.38. The fourth-order valence-electron chi connectivity index (χ4n) is 2.79. The van der Waals surface area contributed by atoms with Crippen molar-refractivity contribution in [1.29, 1.82) is 0 Å². The highest BCUT2D eigenvalue weighted by atomic mass is 16.2. The lowest BCUT2D eigenvalue weighted by molar-refractivity contribution is -0.131. The van der Waals surface area contributed by atoms with E-state index >= 15 is 0 Å². The van der Waals surface area contributed by atoms with Crippen molar-refractivity contribution in [2.24, 2.45) is 11.8 Å². The van der Waals surface area contributed by atoms with Crippen LogP contribution in [0.2, 0.25) is 0 Å². The number of hydrogen-bond acceptors (Lipinski definition) is 2. The molecule has 1 N–H and O–H groups in total. The molecule has 1 aliphatic rings. The molecule has 3 atom stereocenters. The highest BCUT2D eigenvalue weighted by Crippen LogP contribution is 2.22. The summed E-state index contributed by atoms with van der Waals surface area (Å²) < 4.78 is 0. The molecule has 0 aromatic rings. The summed E-state index contributed by atoms with van der Waals surface area (Å²) in [7, 11) is 0. The maximum Gasteiger partial charge on any atom is 0.241 e. The van der Waals surface area contributed by atoms with E-state index in [0.717, 1.165) is 38.1 Å². The zero-order chi connectivity index (χ0) is 14.4. The summed E-state index contributed by atoms with van der Waals surface area (Å²) in [6.45, 7) is 11.9. The topological polar surface area (TPSA) is 32.3 Å². The molecule has 1 heterocycles. The van der Waals surface area contributed by atoms with E-state index in [1.54, 1.807) is 0 Å². The Morgan fingerprint density at radius 2 is 1.95 bits per heavy atom. The van der Waals surface area contributed by atoms with Gasteiger partial charge in [-0.1, -0.05) is 47.5 Å². The van der Waals surface area contributed by atoms with Crippen molar-refractivity contribution < 1.29 is 4.79 Å². The Balaban J connectivity index is 2.60. The summed E-state index contributed by atoms with van der Waals surface area (Å²) in [5, 5.41) is 3.56. The number of nitrogens with one attached hydrogen (secondary N) is 1. The average Bonchev–Trinajstić information content (AvgIpc) is 2.67.